The Morgan fingerprint density at radius 1 is 1.27 bits per heavy atom. The highest BCUT2D eigenvalue weighted by Crippen LogP contribution is 2.42. The molecule has 3 heterocycles. The molecule has 1 aromatic rings. The van der Waals surface area contributed by atoms with Gasteiger partial charge in [-0.2, -0.15) is 0 Å². The minimum atomic E-state index is 0.423. The maximum absolute atomic E-state index is 5.91. The van der Waals surface area contributed by atoms with Gasteiger partial charge in [0, 0.05) is 36.9 Å². The highest BCUT2D eigenvalue weighted by molar-refractivity contribution is 5.11. The van der Waals surface area contributed by atoms with Gasteiger partial charge in [-0.15, -0.1) is 0 Å². The van der Waals surface area contributed by atoms with E-state index < -0.39 is 0 Å². The zero-order valence-corrected chi connectivity index (χ0v) is 13.6. The molecule has 1 aliphatic carbocycles. The molecular formula is C18H27N3O. The zero-order valence-electron chi connectivity index (χ0n) is 13.6. The Hall–Kier alpha value is -1.13. The highest BCUT2D eigenvalue weighted by Gasteiger charge is 2.51. The number of hydrogen-bond donors (Lipinski definition) is 0. The van der Waals surface area contributed by atoms with Crippen LogP contribution in [0, 0.1) is 5.92 Å². The Kier molecular flexibility index (Phi) is 3.82. The summed E-state index contributed by atoms with van der Waals surface area (Å²) in [5, 5.41) is 0. The van der Waals surface area contributed by atoms with E-state index in [0.29, 0.717) is 11.5 Å². The molecule has 120 valence electrons. The summed E-state index contributed by atoms with van der Waals surface area (Å²) < 4.78 is 5.91. The van der Waals surface area contributed by atoms with Crippen molar-refractivity contribution < 1.29 is 4.74 Å². The average Bonchev–Trinajstić information content (AvgIpc) is 2.45. The number of aromatic nitrogens is 1. The lowest BCUT2D eigenvalue weighted by Crippen LogP contribution is -2.73. The van der Waals surface area contributed by atoms with Crippen LogP contribution in [0.25, 0.3) is 0 Å². The van der Waals surface area contributed by atoms with Gasteiger partial charge in [-0.05, 0) is 51.3 Å². The fourth-order valence-electron chi connectivity index (χ4n) is 4.28. The normalized spacial score (nSPS) is 29.0. The van der Waals surface area contributed by atoms with E-state index in [9.17, 15) is 0 Å². The third kappa shape index (κ3) is 2.63. The van der Waals surface area contributed by atoms with Crippen molar-refractivity contribution >= 4 is 0 Å². The summed E-state index contributed by atoms with van der Waals surface area (Å²) in [6, 6.07) is 6.76. The van der Waals surface area contributed by atoms with Gasteiger partial charge in [0.1, 0.15) is 0 Å². The molecule has 1 atom stereocenters. The quantitative estimate of drug-likeness (QED) is 0.854. The summed E-state index contributed by atoms with van der Waals surface area (Å²) in [7, 11) is 2.31. The molecule has 4 rings (SSSR count). The van der Waals surface area contributed by atoms with Crippen molar-refractivity contribution in [3.63, 3.8) is 0 Å². The molecule has 1 spiro atoms. The first-order valence-electron chi connectivity index (χ1n) is 8.74. The lowest BCUT2D eigenvalue weighted by molar-refractivity contribution is -0.112. The molecule has 0 N–H and O–H groups in total. The van der Waals surface area contributed by atoms with Gasteiger partial charge in [-0.25, -0.2) is 4.98 Å². The van der Waals surface area contributed by atoms with E-state index in [4.69, 9.17) is 4.74 Å². The summed E-state index contributed by atoms with van der Waals surface area (Å²) in [6.07, 6.45) is 8.60. The number of piperidine rings is 1. The van der Waals surface area contributed by atoms with Gasteiger partial charge in [-0.3, -0.25) is 9.80 Å². The summed E-state index contributed by atoms with van der Waals surface area (Å²) in [5.41, 5.74) is 0.423. The SMILES string of the molecule is CN1CCC(COc2ccccn2)CC12CN(C1CCC1)C2. The average molecular weight is 301 g/mol. The molecule has 0 aromatic carbocycles. The number of nitrogens with zero attached hydrogens (tertiary/aromatic N) is 3. The molecule has 1 saturated carbocycles. The number of ether oxygens (including phenoxy) is 1. The van der Waals surface area contributed by atoms with E-state index in [1.807, 2.05) is 18.2 Å². The number of likely N-dealkylation sites (N-methyl/N-ethyl adjacent to an activating group) is 1. The third-order valence-electron chi connectivity index (χ3n) is 6.04. The van der Waals surface area contributed by atoms with Crippen LogP contribution >= 0.6 is 0 Å². The Balaban J connectivity index is 1.32. The first-order valence-corrected chi connectivity index (χ1v) is 8.74. The molecule has 2 saturated heterocycles. The van der Waals surface area contributed by atoms with Crippen LogP contribution in [0.2, 0.25) is 0 Å². The van der Waals surface area contributed by atoms with E-state index in [1.165, 1.54) is 51.7 Å². The second-order valence-corrected chi connectivity index (χ2v) is 7.47. The minimum absolute atomic E-state index is 0.423. The molecule has 0 bridgehead atoms. The molecule has 22 heavy (non-hydrogen) atoms. The molecule has 3 fully saturated rings. The number of hydrogen-bond acceptors (Lipinski definition) is 4. The number of likely N-dealkylation sites (tertiary alicyclic amines) is 2. The number of pyridine rings is 1. The monoisotopic (exact) mass is 301 g/mol. The summed E-state index contributed by atoms with van der Waals surface area (Å²) in [5.74, 6) is 1.43. The van der Waals surface area contributed by atoms with Crippen molar-refractivity contribution in [3.05, 3.63) is 24.4 Å². The van der Waals surface area contributed by atoms with Crippen LogP contribution in [0.3, 0.4) is 0 Å². The third-order valence-corrected chi connectivity index (χ3v) is 6.04. The van der Waals surface area contributed by atoms with Gasteiger partial charge in [0.05, 0.1) is 6.61 Å². The second kappa shape index (κ2) is 5.82. The largest absolute Gasteiger partial charge is 0.477 e. The van der Waals surface area contributed by atoms with E-state index >= 15 is 0 Å². The first-order chi connectivity index (χ1) is 10.8. The predicted octanol–water partition coefficient (Wildman–Crippen LogP) is 2.41. The molecule has 4 nitrogen and oxygen atoms in total. The van der Waals surface area contributed by atoms with Crippen LogP contribution in [-0.4, -0.2) is 59.7 Å². The van der Waals surface area contributed by atoms with Crippen molar-refractivity contribution in [2.24, 2.45) is 5.92 Å². The number of rotatable bonds is 4. The van der Waals surface area contributed by atoms with Gasteiger partial charge >= 0.3 is 0 Å². The fraction of sp³-hybridized carbons (Fsp3) is 0.722. The molecule has 1 aromatic heterocycles. The lowest BCUT2D eigenvalue weighted by Gasteiger charge is -2.61. The van der Waals surface area contributed by atoms with Gasteiger partial charge in [-0.1, -0.05) is 12.5 Å². The van der Waals surface area contributed by atoms with Gasteiger partial charge in [0.2, 0.25) is 5.88 Å². The Labute approximate surface area is 133 Å². The van der Waals surface area contributed by atoms with Crippen molar-refractivity contribution in [2.45, 2.75) is 43.7 Å². The maximum atomic E-state index is 5.91. The second-order valence-electron chi connectivity index (χ2n) is 7.47. The van der Waals surface area contributed by atoms with Crippen LogP contribution in [-0.2, 0) is 0 Å². The molecule has 0 radical (unpaired) electrons. The standard InChI is InChI=1S/C18H27N3O/c1-20-10-8-15(12-22-17-7-2-3-9-19-17)11-18(20)13-21(14-18)16-5-4-6-16/h2-3,7,9,15-16H,4-6,8,10-14H2,1H3. The van der Waals surface area contributed by atoms with Crippen LogP contribution in [0.5, 0.6) is 5.88 Å². The van der Waals surface area contributed by atoms with Gasteiger partial charge in [0.25, 0.3) is 0 Å². The van der Waals surface area contributed by atoms with Gasteiger partial charge < -0.3 is 4.74 Å². The Bertz CT molecular complexity index is 496. The van der Waals surface area contributed by atoms with Crippen LogP contribution in [0.4, 0.5) is 0 Å². The highest BCUT2D eigenvalue weighted by atomic mass is 16.5. The van der Waals surface area contributed by atoms with E-state index in [2.05, 4.69) is 21.8 Å². The van der Waals surface area contributed by atoms with Gasteiger partial charge in [0.15, 0.2) is 0 Å². The Morgan fingerprint density at radius 2 is 2.14 bits per heavy atom. The summed E-state index contributed by atoms with van der Waals surface area (Å²) >= 11 is 0. The predicted molar refractivity (Wildman–Crippen MR) is 87.0 cm³/mol. The fourth-order valence-corrected chi connectivity index (χ4v) is 4.28. The van der Waals surface area contributed by atoms with E-state index in [-0.39, 0.29) is 0 Å². The first kappa shape index (κ1) is 14.5. The van der Waals surface area contributed by atoms with Crippen LogP contribution < -0.4 is 4.74 Å². The van der Waals surface area contributed by atoms with E-state index in [0.717, 1.165) is 18.5 Å². The lowest BCUT2D eigenvalue weighted by atomic mass is 9.73. The molecule has 1 unspecified atom stereocenters. The molecular weight excluding hydrogens is 274 g/mol. The van der Waals surface area contributed by atoms with Crippen molar-refractivity contribution in [3.8, 4) is 5.88 Å². The van der Waals surface area contributed by atoms with Crippen LogP contribution in [0.1, 0.15) is 32.1 Å². The smallest absolute Gasteiger partial charge is 0.213 e. The summed E-state index contributed by atoms with van der Waals surface area (Å²) in [6.45, 7) is 4.56. The maximum Gasteiger partial charge on any atom is 0.213 e. The van der Waals surface area contributed by atoms with Crippen molar-refractivity contribution in [1.29, 1.82) is 0 Å². The topological polar surface area (TPSA) is 28.6 Å². The van der Waals surface area contributed by atoms with Crippen molar-refractivity contribution in [2.75, 3.05) is 33.3 Å². The molecule has 4 heteroatoms. The zero-order chi connectivity index (χ0) is 15.0. The van der Waals surface area contributed by atoms with Crippen LogP contribution in [0.15, 0.2) is 24.4 Å². The Morgan fingerprint density at radius 3 is 2.82 bits per heavy atom. The molecule has 3 aliphatic rings. The molecule has 0 amide bonds. The van der Waals surface area contributed by atoms with Crippen molar-refractivity contribution in [1.82, 2.24) is 14.8 Å². The molecule has 2 aliphatic heterocycles. The summed E-state index contributed by atoms with van der Waals surface area (Å²) in [4.78, 5) is 9.58. The minimum Gasteiger partial charge on any atom is -0.477 e. The van der Waals surface area contributed by atoms with E-state index in [1.54, 1.807) is 6.20 Å².